The molecule has 0 radical (unpaired) electrons. The molecule has 2 aromatic heterocycles. The van der Waals surface area contributed by atoms with Gasteiger partial charge in [0.15, 0.2) is 0 Å². The molecule has 5 heterocycles. The van der Waals surface area contributed by atoms with Crippen molar-refractivity contribution in [3.05, 3.63) is 63.4 Å². The molecule has 0 bridgehead atoms. The Kier molecular flexibility index (Phi) is 6.25. The largest absolute Gasteiger partial charge is 0.457 e. The van der Waals surface area contributed by atoms with Gasteiger partial charge in [0.05, 0.1) is 42.2 Å². The Labute approximate surface area is 219 Å². The van der Waals surface area contributed by atoms with Crippen molar-refractivity contribution in [1.29, 1.82) is 0 Å². The number of cyclic esters (lactones) is 1. The number of esters is 2. The molecule has 3 aliphatic rings. The van der Waals surface area contributed by atoms with Gasteiger partial charge in [0, 0.05) is 49.2 Å². The van der Waals surface area contributed by atoms with E-state index in [9.17, 15) is 14.4 Å². The van der Waals surface area contributed by atoms with Crippen LogP contribution < -0.4 is 5.56 Å². The zero-order valence-corrected chi connectivity index (χ0v) is 21.3. The number of rotatable bonds is 6. The van der Waals surface area contributed by atoms with E-state index in [1.165, 1.54) is 0 Å². The lowest BCUT2D eigenvalue weighted by Crippen LogP contribution is -2.51. The Morgan fingerprint density at radius 3 is 2.66 bits per heavy atom. The van der Waals surface area contributed by atoms with Crippen molar-refractivity contribution in [2.24, 2.45) is 0 Å². The highest BCUT2D eigenvalue weighted by Gasteiger charge is 2.50. The summed E-state index contributed by atoms with van der Waals surface area (Å²) >= 11 is 0. The maximum Gasteiger partial charge on any atom is 0.355 e. The van der Waals surface area contributed by atoms with Crippen LogP contribution in [0.4, 0.5) is 0 Å². The highest BCUT2D eigenvalue weighted by molar-refractivity contribution is 5.88. The molecule has 3 aliphatic heterocycles. The molecular formula is C28H30N4O6. The van der Waals surface area contributed by atoms with Crippen LogP contribution in [-0.4, -0.2) is 82.3 Å². The summed E-state index contributed by atoms with van der Waals surface area (Å²) in [5.74, 6) is -1.21. The summed E-state index contributed by atoms with van der Waals surface area (Å²) < 4.78 is 13.0. The molecule has 10 heteroatoms. The number of benzene rings is 1. The monoisotopic (exact) mass is 518 g/mol. The van der Waals surface area contributed by atoms with E-state index in [0.29, 0.717) is 48.7 Å². The van der Waals surface area contributed by atoms with Gasteiger partial charge in [-0.05, 0) is 24.6 Å². The first-order chi connectivity index (χ1) is 18.4. The lowest BCUT2D eigenvalue weighted by molar-refractivity contribution is -0.190. The molecule has 0 amide bonds. The number of carbonyl (C=O) groups is 2. The molecule has 6 rings (SSSR count). The number of hydrogen-bond donors (Lipinski definition) is 1. The van der Waals surface area contributed by atoms with Gasteiger partial charge < -0.3 is 19.1 Å². The van der Waals surface area contributed by atoms with Crippen LogP contribution in [0.25, 0.3) is 22.3 Å². The predicted molar refractivity (Wildman–Crippen MR) is 138 cm³/mol. The molecule has 10 nitrogen and oxygen atoms in total. The van der Waals surface area contributed by atoms with Crippen LogP contribution in [0.3, 0.4) is 0 Å². The summed E-state index contributed by atoms with van der Waals surface area (Å²) in [6, 6.07) is 11.6. The zero-order chi connectivity index (χ0) is 26.4. The first-order valence-electron chi connectivity index (χ1n) is 13.0. The summed E-state index contributed by atoms with van der Waals surface area (Å²) in [6.45, 7) is 5.48. The molecule has 1 unspecified atom stereocenters. The quantitative estimate of drug-likeness (QED) is 0.377. The number of aliphatic hydroxyl groups excluding tert-OH is 1. The van der Waals surface area contributed by atoms with E-state index in [1.807, 2.05) is 35.2 Å². The van der Waals surface area contributed by atoms with Gasteiger partial charge in [-0.2, -0.15) is 0 Å². The number of para-hydroxylation sites is 1. The van der Waals surface area contributed by atoms with Gasteiger partial charge in [-0.15, -0.1) is 0 Å². The third-order valence-corrected chi connectivity index (χ3v) is 7.91. The number of aliphatic hydroxyl groups is 1. The SMILES string of the molecule is CCC1(OC(=O)CN2CCN(CCO)CC2)C(=O)OCc2c1cc1n(c2=O)Cc2cc3ccccc3nc2-1. The van der Waals surface area contributed by atoms with Gasteiger partial charge in [-0.3, -0.25) is 19.4 Å². The van der Waals surface area contributed by atoms with Crippen molar-refractivity contribution < 1.29 is 24.2 Å². The molecule has 38 heavy (non-hydrogen) atoms. The lowest BCUT2D eigenvalue weighted by atomic mass is 9.85. The number of fused-ring (bicyclic) bond motifs is 5. The minimum Gasteiger partial charge on any atom is -0.457 e. The fourth-order valence-corrected chi connectivity index (χ4v) is 5.80. The number of β-amino-alcohol motifs (C(OH)–C–C–N with tert-alkyl or cyclic N) is 1. The topological polar surface area (TPSA) is 114 Å². The Morgan fingerprint density at radius 2 is 1.89 bits per heavy atom. The summed E-state index contributed by atoms with van der Waals surface area (Å²) in [6.07, 6.45) is 0.135. The highest BCUT2D eigenvalue weighted by atomic mass is 16.6. The molecule has 3 aromatic rings. The first kappa shape index (κ1) is 24.7. The molecule has 0 saturated carbocycles. The van der Waals surface area contributed by atoms with Crippen molar-refractivity contribution in [2.45, 2.75) is 32.1 Å². The van der Waals surface area contributed by atoms with Crippen LogP contribution in [0.15, 0.2) is 41.2 Å². The minimum atomic E-state index is -1.70. The number of ether oxygens (including phenoxy) is 2. The second-order valence-corrected chi connectivity index (χ2v) is 10.1. The van der Waals surface area contributed by atoms with Crippen molar-refractivity contribution in [1.82, 2.24) is 19.4 Å². The number of pyridine rings is 2. The molecule has 0 aliphatic carbocycles. The number of piperazine rings is 1. The van der Waals surface area contributed by atoms with E-state index < -0.39 is 17.5 Å². The maximum atomic E-state index is 13.6. The Morgan fingerprint density at radius 1 is 1.13 bits per heavy atom. The lowest BCUT2D eigenvalue weighted by Gasteiger charge is -2.37. The third-order valence-electron chi connectivity index (χ3n) is 7.91. The van der Waals surface area contributed by atoms with Crippen LogP contribution in [-0.2, 0) is 37.8 Å². The third kappa shape index (κ3) is 4.00. The van der Waals surface area contributed by atoms with Crippen molar-refractivity contribution in [2.75, 3.05) is 45.9 Å². The molecule has 198 valence electrons. The van der Waals surface area contributed by atoms with E-state index in [-0.39, 0.29) is 31.7 Å². The average Bonchev–Trinajstić information content (AvgIpc) is 3.28. The van der Waals surface area contributed by atoms with E-state index >= 15 is 0 Å². The Balaban J connectivity index is 1.34. The minimum absolute atomic E-state index is 0.0254. The van der Waals surface area contributed by atoms with Crippen LogP contribution in [0.1, 0.15) is 30.0 Å². The summed E-state index contributed by atoms with van der Waals surface area (Å²) in [5.41, 5.74) is 1.80. The highest BCUT2D eigenvalue weighted by Crippen LogP contribution is 2.41. The van der Waals surface area contributed by atoms with Crippen LogP contribution in [0.2, 0.25) is 0 Å². The normalized spacial score (nSPS) is 21.1. The van der Waals surface area contributed by atoms with E-state index in [1.54, 1.807) is 17.6 Å². The molecule has 1 aromatic carbocycles. The van der Waals surface area contributed by atoms with Crippen molar-refractivity contribution >= 4 is 22.8 Å². The van der Waals surface area contributed by atoms with Gasteiger partial charge >= 0.3 is 11.9 Å². The average molecular weight is 519 g/mol. The van der Waals surface area contributed by atoms with Crippen molar-refractivity contribution in [3.63, 3.8) is 0 Å². The number of hydrogen-bond acceptors (Lipinski definition) is 9. The molecular weight excluding hydrogens is 488 g/mol. The second-order valence-electron chi connectivity index (χ2n) is 10.1. The summed E-state index contributed by atoms with van der Waals surface area (Å²) in [4.78, 5) is 48.9. The fourth-order valence-electron chi connectivity index (χ4n) is 5.80. The van der Waals surface area contributed by atoms with E-state index in [2.05, 4.69) is 4.90 Å². The molecule has 0 spiro atoms. The smallest absolute Gasteiger partial charge is 0.355 e. The van der Waals surface area contributed by atoms with E-state index in [4.69, 9.17) is 19.6 Å². The Bertz CT molecular complexity index is 1490. The van der Waals surface area contributed by atoms with Crippen LogP contribution in [0.5, 0.6) is 0 Å². The molecule has 1 saturated heterocycles. The number of aromatic nitrogens is 2. The summed E-state index contributed by atoms with van der Waals surface area (Å²) in [7, 11) is 0. The molecule has 1 fully saturated rings. The van der Waals surface area contributed by atoms with E-state index in [0.717, 1.165) is 29.6 Å². The zero-order valence-electron chi connectivity index (χ0n) is 21.3. The van der Waals surface area contributed by atoms with Gasteiger partial charge in [-0.25, -0.2) is 9.78 Å². The number of carbonyl (C=O) groups excluding carboxylic acids is 2. The number of nitrogens with zero attached hydrogens (tertiary/aromatic N) is 4. The van der Waals surface area contributed by atoms with Crippen molar-refractivity contribution in [3.8, 4) is 11.4 Å². The van der Waals surface area contributed by atoms with Gasteiger partial charge in [0.1, 0.15) is 6.61 Å². The predicted octanol–water partition coefficient (Wildman–Crippen LogP) is 1.24. The maximum absolute atomic E-state index is 13.6. The first-order valence-corrected chi connectivity index (χ1v) is 13.0. The van der Waals surface area contributed by atoms with Crippen LogP contribution in [0, 0.1) is 0 Å². The molecule has 1 N–H and O–H groups in total. The van der Waals surface area contributed by atoms with Crippen LogP contribution >= 0.6 is 0 Å². The van der Waals surface area contributed by atoms with Gasteiger partial charge in [0.2, 0.25) is 5.60 Å². The van der Waals surface area contributed by atoms with Gasteiger partial charge in [-0.1, -0.05) is 25.1 Å². The summed E-state index contributed by atoms with van der Waals surface area (Å²) in [5, 5.41) is 10.1. The standard InChI is InChI=1S/C28H30N4O6/c1-2-28(38-24(34)16-31-9-7-30(8-10-31)11-12-33)21-14-23-25-19(13-18-5-3-4-6-22(18)29-25)15-32(23)26(35)20(21)17-37-27(28)36/h3-6,13-14,33H,2,7-12,15-17H2,1H3. The molecule has 1 atom stereocenters. The second kappa shape index (κ2) is 9.61. The Hall–Kier alpha value is -3.60. The fraction of sp³-hybridized carbons (Fsp3) is 0.429. The van der Waals surface area contributed by atoms with Gasteiger partial charge in [0.25, 0.3) is 5.56 Å².